The van der Waals surface area contributed by atoms with Gasteiger partial charge in [-0.3, -0.25) is 4.90 Å². The van der Waals surface area contributed by atoms with Crippen LogP contribution in [0.1, 0.15) is 17.2 Å². The number of ether oxygens (including phenoxy) is 3. The maximum Gasteiger partial charge on any atom is 0.161 e. The maximum atomic E-state index is 6.36. The molecule has 0 bridgehead atoms. The Hall–Kier alpha value is -1.95. The normalized spacial score (nSPS) is 20.0. The van der Waals surface area contributed by atoms with Gasteiger partial charge in [-0.2, -0.15) is 0 Å². The average molecular weight is 403 g/mol. The van der Waals surface area contributed by atoms with Gasteiger partial charge in [0.2, 0.25) is 0 Å². The summed E-state index contributed by atoms with van der Waals surface area (Å²) in [5.74, 6) is 1.55. The molecule has 5 nitrogen and oxygen atoms in total. The highest BCUT2D eigenvalue weighted by Crippen LogP contribution is 2.37. The highest BCUT2D eigenvalue weighted by atomic mass is 35.5. The van der Waals surface area contributed by atoms with E-state index < -0.39 is 0 Å². The molecule has 0 amide bonds. The Bertz CT molecular complexity index is 821. The van der Waals surface area contributed by atoms with Crippen LogP contribution in [0.3, 0.4) is 0 Å². The van der Waals surface area contributed by atoms with E-state index in [1.807, 2.05) is 18.2 Å². The number of fused-ring (bicyclic) bond motifs is 1. The summed E-state index contributed by atoms with van der Waals surface area (Å²) in [7, 11) is 3.36. The molecule has 2 aromatic rings. The standard InChI is InChI=1S/C22H27ClN2O3/c1-26-20-13-16-7-12-28-22(17(16)14-21(20)27-2)15-24-8-10-25(11-9-24)19-6-4-3-5-18(19)23/h3-6,13-14,22H,7-12,15H2,1-2H3. The summed E-state index contributed by atoms with van der Waals surface area (Å²) in [5.41, 5.74) is 3.64. The molecule has 0 aromatic heterocycles. The predicted octanol–water partition coefficient (Wildman–Crippen LogP) is 3.79. The number of anilines is 1. The fraction of sp³-hybridized carbons (Fsp3) is 0.455. The highest BCUT2D eigenvalue weighted by Gasteiger charge is 2.27. The topological polar surface area (TPSA) is 34.2 Å². The van der Waals surface area contributed by atoms with Crippen LogP contribution in [-0.2, 0) is 11.2 Å². The SMILES string of the molecule is COc1cc2c(cc1OC)C(CN1CCN(c3ccccc3Cl)CC1)OCC2. The van der Waals surface area contributed by atoms with Crippen molar-refractivity contribution >= 4 is 17.3 Å². The molecule has 2 aliphatic heterocycles. The van der Waals surface area contributed by atoms with Crippen LogP contribution in [0.5, 0.6) is 11.5 Å². The summed E-state index contributed by atoms with van der Waals surface area (Å²) in [6, 6.07) is 12.2. The van der Waals surface area contributed by atoms with Crippen molar-refractivity contribution in [2.45, 2.75) is 12.5 Å². The van der Waals surface area contributed by atoms with Gasteiger partial charge in [-0.05, 0) is 41.8 Å². The molecule has 1 atom stereocenters. The summed E-state index contributed by atoms with van der Waals surface area (Å²) < 4.78 is 17.1. The maximum absolute atomic E-state index is 6.36. The first-order valence-electron chi connectivity index (χ1n) is 9.78. The van der Waals surface area contributed by atoms with Crippen LogP contribution in [0.25, 0.3) is 0 Å². The van der Waals surface area contributed by atoms with Gasteiger partial charge in [0.25, 0.3) is 0 Å². The van der Waals surface area contributed by atoms with E-state index in [0.29, 0.717) is 0 Å². The number of methoxy groups -OCH3 is 2. The van der Waals surface area contributed by atoms with Crippen molar-refractivity contribution < 1.29 is 14.2 Å². The zero-order valence-electron chi connectivity index (χ0n) is 16.5. The van der Waals surface area contributed by atoms with Gasteiger partial charge in [-0.1, -0.05) is 23.7 Å². The number of piperazine rings is 1. The highest BCUT2D eigenvalue weighted by molar-refractivity contribution is 6.33. The van der Waals surface area contributed by atoms with Crippen molar-refractivity contribution in [3.63, 3.8) is 0 Å². The first-order chi connectivity index (χ1) is 13.7. The minimum Gasteiger partial charge on any atom is -0.493 e. The number of benzene rings is 2. The molecule has 0 N–H and O–H groups in total. The minimum absolute atomic E-state index is 0.0652. The lowest BCUT2D eigenvalue weighted by Crippen LogP contribution is -2.48. The van der Waals surface area contributed by atoms with Gasteiger partial charge >= 0.3 is 0 Å². The van der Waals surface area contributed by atoms with Gasteiger partial charge in [0.15, 0.2) is 11.5 Å². The van der Waals surface area contributed by atoms with Gasteiger partial charge in [-0.25, -0.2) is 0 Å². The number of rotatable bonds is 5. The molecule has 6 heteroatoms. The van der Waals surface area contributed by atoms with Gasteiger partial charge in [0, 0.05) is 32.7 Å². The van der Waals surface area contributed by atoms with E-state index in [4.69, 9.17) is 25.8 Å². The molecule has 28 heavy (non-hydrogen) atoms. The van der Waals surface area contributed by atoms with Crippen LogP contribution in [-0.4, -0.2) is 58.5 Å². The second-order valence-corrected chi connectivity index (χ2v) is 7.66. The predicted molar refractivity (Wildman–Crippen MR) is 112 cm³/mol. The molecule has 150 valence electrons. The Labute approximate surface area is 171 Å². The third-order valence-electron chi connectivity index (χ3n) is 5.67. The first kappa shape index (κ1) is 19.4. The Morgan fingerprint density at radius 2 is 1.75 bits per heavy atom. The zero-order valence-corrected chi connectivity index (χ0v) is 17.2. The Balaban J connectivity index is 1.43. The second-order valence-electron chi connectivity index (χ2n) is 7.25. The van der Waals surface area contributed by atoms with Crippen LogP contribution in [0.15, 0.2) is 36.4 Å². The molecule has 0 saturated carbocycles. The Morgan fingerprint density at radius 1 is 1.04 bits per heavy atom. The molecule has 1 unspecified atom stereocenters. The van der Waals surface area contributed by atoms with Gasteiger partial charge in [0.1, 0.15) is 0 Å². The molecule has 2 aromatic carbocycles. The van der Waals surface area contributed by atoms with Crippen molar-refractivity contribution in [3.05, 3.63) is 52.5 Å². The van der Waals surface area contributed by atoms with E-state index in [1.165, 1.54) is 11.1 Å². The van der Waals surface area contributed by atoms with E-state index in [2.05, 4.69) is 28.0 Å². The molecule has 1 fully saturated rings. The van der Waals surface area contributed by atoms with Gasteiger partial charge in [0.05, 0.1) is 37.6 Å². The van der Waals surface area contributed by atoms with E-state index >= 15 is 0 Å². The van der Waals surface area contributed by atoms with E-state index in [1.54, 1.807) is 14.2 Å². The number of para-hydroxylation sites is 1. The largest absolute Gasteiger partial charge is 0.493 e. The van der Waals surface area contributed by atoms with E-state index in [-0.39, 0.29) is 6.10 Å². The lowest BCUT2D eigenvalue weighted by atomic mass is 9.96. The third kappa shape index (κ3) is 3.93. The van der Waals surface area contributed by atoms with Crippen molar-refractivity contribution in [1.29, 1.82) is 0 Å². The molecule has 0 spiro atoms. The average Bonchev–Trinajstić information content (AvgIpc) is 2.74. The van der Waals surface area contributed by atoms with Crippen molar-refractivity contribution in [1.82, 2.24) is 4.90 Å². The third-order valence-corrected chi connectivity index (χ3v) is 5.99. The Morgan fingerprint density at radius 3 is 2.46 bits per heavy atom. The molecule has 1 saturated heterocycles. The van der Waals surface area contributed by atoms with Crippen LogP contribution in [0.4, 0.5) is 5.69 Å². The number of hydrogen-bond donors (Lipinski definition) is 0. The second kappa shape index (κ2) is 8.60. The number of nitrogens with zero attached hydrogens (tertiary/aromatic N) is 2. The van der Waals surface area contributed by atoms with Crippen molar-refractivity contribution in [2.24, 2.45) is 0 Å². The summed E-state index contributed by atoms with van der Waals surface area (Å²) in [6.07, 6.45) is 0.974. The van der Waals surface area contributed by atoms with Crippen molar-refractivity contribution in [2.75, 3.05) is 58.5 Å². The molecule has 2 heterocycles. The van der Waals surface area contributed by atoms with E-state index in [9.17, 15) is 0 Å². The Kier molecular flexibility index (Phi) is 5.95. The molecule has 0 aliphatic carbocycles. The van der Waals surface area contributed by atoms with Gasteiger partial charge < -0.3 is 19.1 Å². The van der Waals surface area contributed by atoms with E-state index in [0.717, 1.165) is 68.0 Å². The quantitative estimate of drug-likeness (QED) is 0.760. The summed E-state index contributed by atoms with van der Waals surface area (Å²) in [4.78, 5) is 4.84. The summed E-state index contributed by atoms with van der Waals surface area (Å²) in [6.45, 7) is 5.55. The monoisotopic (exact) mass is 402 g/mol. The summed E-state index contributed by atoms with van der Waals surface area (Å²) >= 11 is 6.36. The smallest absolute Gasteiger partial charge is 0.161 e. The van der Waals surface area contributed by atoms with Crippen LogP contribution < -0.4 is 14.4 Å². The summed E-state index contributed by atoms with van der Waals surface area (Å²) in [5, 5.41) is 0.821. The van der Waals surface area contributed by atoms with Crippen LogP contribution >= 0.6 is 11.6 Å². The van der Waals surface area contributed by atoms with Crippen molar-refractivity contribution in [3.8, 4) is 11.5 Å². The number of halogens is 1. The zero-order chi connectivity index (χ0) is 19.5. The number of hydrogen-bond acceptors (Lipinski definition) is 5. The fourth-order valence-corrected chi connectivity index (χ4v) is 4.37. The lowest BCUT2D eigenvalue weighted by Gasteiger charge is -2.39. The van der Waals surface area contributed by atoms with Crippen LogP contribution in [0, 0.1) is 0 Å². The molecular formula is C22H27ClN2O3. The molecule has 4 rings (SSSR count). The minimum atomic E-state index is 0.0652. The van der Waals surface area contributed by atoms with Crippen LogP contribution in [0.2, 0.25) is 5.02 Å². The molecular weight excluding hydrogens is 376 g/mol. The fourth-order valence-electron chi connectivity index (χ4n) is 4.12. The first-order valence-corrected chi connectivity index (χ1v) is 10.2. The lowest BCUT2D eigenvalue weighted by molar-refractivity contribution is 0.0146. The van der Waals surface area contributed by atoms with Gasteiger partial charge in [-0.15, -0.1) is 0 Å². The molecule has 0 radical (unpaired) electrons. The molecule has 2 aliphatic rings.